The molecular weight excluding hydrogens is 228 g/mol. The van der Waals surface area contributed by atoms with E-state index in [0.717, 1.165) is 18.4 Å². The van der Waals surface area contributed by atoms with Crippen LogP contribution in [0, 0.1) is 5.92 Å². The predicted molar refractivity (Wildman–Crippen MR) is 68.2 cm³/mol. The minimum absolute atomic E-state index is 0.00759. The average Bonchev–Trinajstić information content (AvgIpc) is 2.42. The lowest BCUT2D eigenvalue weighted by atomic mass is 9.66. The molecular formula is C15H18O3. The van der Waals surface area contributed by atoms with E-state index in [9.17, 15) is 9.59 Å². The first-order chi connectivity index (χ1) is 8.59. The minimum atomic E-state index is -0.603. The van der Waals surface area contributed by atoms with Crippen molar-refractivity contribution in [2.45, 2.75) is 31.6 Å². The Morgan fingerprint density at radius 1 is 1.33 bits per heavy atom. The first-order valence-electron chi connectivity index (χ1n) is 6.27. The van der Waals surface area contributed by atoms with Crippen LogP contribution < -0.4 is 0 Å². The smallest absolute Gasteiger partial charge is 0.316 e. The molecule has 2 rings (SSSR count). The fraction of sp³-hybridized carbons (Fsp3) is 0.467. The lowest BCUT2D eigenvalue weighted by Gasteiger charge is -2.35. The second-order valence-corrected chi connectivity index (χ2v) is 5.03. The summed E-state index contributed by atoms with van der Waals surface area (Å²) in [5.41, 5.74) is 0.432. The summed E-state index contributed by atoms with van der Waals surface area (Å²) in [5, 5.41) is 0. The zero-order valence-corrected chi connectivity index (χ0v) is 10.8. The van der Waals surface area contributed by atoms with Gasteiger partial charge in [-0.2, -0.15) is 0 Å². The Morgan fingerprint density at radius 3 is 2.61 bits per heavy atom. The molecule has 1 saturated carbocycles. The molecule has 0 amide bonds. The van der Waals surface area contributed by atoms with E-state index in [4.69, 9.17) is 4.74 Å². The van der Waals surface area contributed by atoms with Gasteiger partial charge in [-0.15, -0.1) is 0 Å². The molecule has 18 heavy (non-hydrogen) atoms. The van der Waals surface area contributed by atoms with Crippen molar-refractivity contribution in [3.8, 4) is 0 Å². The van der Waals surface area contributed by atoms with Crippen molar-refractivity contribution in [2.75, 3.05) is 7.11 Å². The topological polar surface area (TPSA) is 43.4 Å². The number of hydrogen-bond acceptors (Lipinski definition) is 3. The van der Waals surface area contributed by atoms with Crippen LogP contribution in [0.4, 0.5) is 0 Å². The van der Waals surface area contributed by atoms with Crippen LogP contribution in [0.2, 0.25) is 0 Å². The highest BCUT2D eigenvalue weighted by atomic mass is 16.5. The van der Waals surface area contributed by atoms with E-state index in [2.05, 4.69) is 0 Å². The summed E-state index contributed by atoms with van der Waals surface area (Å²) < 4.78 is 4.73. The summed E-state index contributed by atoms with van der Waals surface area (Å²) in [6.07, 6.45) is 2.27. The number of carbonyl (C=O) groups is 2. The molecule has 1 aromatic carbocycles. The summed E-state index contributed by atoms with van der Waals surface area (Å²) in [6.45, 7) is 1.93. The Balaban J connectivity index is 2.33. The lowest BCUT2D eigenvalue weighted by Crippen LogP contribution is -2.44. The number of Topliss-reactive ketones (excluding diaryl/α,β-unsaturated/α-hetero) is 1. The largest absolute Gasteiger partial charge is 0.468 e. The molecule has 1 aliphatic rings. The Morgan fingerprint density at radius 2 is 2.00 bits per heavy atom. The van der Waals surface area contributed by atoms with Crippen LogP contribution in [0.1, 0.15) is 31.7 Å². The molecule has 3 nitrogen and oxygen atoms in total. The number of rotatable bonds is 2. The van der Waals surface area contributed by atoms with Gasteiger partial charge in [0.15, 0.2) is 5.78 Å². The van der Waals surface area contributed by atoms with Gasteiger partial charge in [-0.05, 0) is 25.3 Å². The van der Waals surface area contributed by atoms with Gasteiger partial charge >= 0.3 is 5.97 Å². The molecule has 3 heteroatoms. The van der Waals surface area contributed by atoms with Crippen molar-refractivity contribution in [1.29, 1.82) is 0 Å². The third-order valence-corrected chi connectivity index (χ3v) is 3.93. The van der Waals surface area contributed by atoms with E-state index < -0.39 is 17.3 Å². The lowest BCUT2D eigenvalue weighted by molar-refractivity contribution is -0.152. The van der Waals surface area contributed by atoms with Gasteiger partial charge in [0, 0.05) is 0 Å². The molecule has 0 aliphatic heterocycles. The SMILES string of the molecule is COC(=O)[C@H]1CCC[C@](C)(c2ccccc2)C1=O. The van der Waals surface area contributed by atoms with Gasteiger partial charge in [-0.25, -0.2) is 0 Å². The van der Waals surface area contributed by atoms with Gasteiger partial charge in [-0.1, -0.05) is 36.8 Å². The van der Waals surface area contributed by atoms with Crippen LogP contribution in [-0.4, -0.2) is 18.9 Å². The molecule has 2 atom stereocenters. The first-order valence-corrected chi connectivity index (χ1v) is 6.27. The van der Waals surface area contributed by atoms with Crippen LogP contribution in [0.25, 0.3) is 0 Å². The van der Waals surface area contributed by atoms with E-state index in [1.807, 2.05) is 37.3 Å². The molecule has 0 unspecified atom stereocenters. The van der Waals surface area contributed by atoms with Crippen LogP contribution in [0.3, 0.4) is 0 Å². The van der Waals surface area contributed by atoms with E-state index >= 15 is 0 Å². The minimum Gasteiger partial charge on any atom is -0.468 e. The van der Waals surface area contributed by atoms with Gasteiger partial charge in [0.25, 0.3) is 0 Å². The molecule has 96 valence electrons. The third-order valence-electron chi connectivity index (χ3n) is 3.93. The van der Waals surface area contributed by atoms with Crippen LogP contribution in [0.15, 0.2) is 30.3 Å². The number of hydrogen-bond donors (Lipinski definition) is 0. The summed E-state index contributed by atoms with van der Waals surface area (Å²) >= 11 is 0. The molecule has 0 saturated heterocycles. The quantitative estimate of drug-likeness (QED) is 0.595. The van der Waals surface area contributed by atoms with Gasteiger partial charge in [0.2, 0.25) is 0 Å². The Hall–Kier alpha value is -1.64. The van der Waals surface area contributed by atoms with E-state index in [-0.39, 0.29) is 5.78 Å². The maximum atomic E-state index is 12.5. The highest BCUT2D eigenvalue weighted by molar-refractivity contribution is 6.05. The Kier molecular flexibility index (Phi) is 3.50. The zero-order chi connectivity index (χ0) is 13.2. The Bertz CT molecular complexity index is 452. The molecule has 1 fully saturated rings. The third kappa shape index (κ3) is 2.05. The standard InChI is InChI=1S/C15H18O3/c1-15(11-7-4-3-5-8-11)10-6-9-12(13(15)16)14(17)18-2/h3-5,7-8,12H,6,9-10H2,1-2H3/t12-,15+/m0/s1. The number of ketones is 1. The fourth-order valence-electron chi connectivity index (χ4n) is 2.76. The van der Waals surface area contributed by atoms with E-state index in [0.29, 0.717) is 6.42 Å². The average molecular weight is 246 g/mol. The number of benzene rings is 1. The van der Waals surface area contributed by atoms with Crippen molar-refractivity contribution in [2.24, 2.45) is 5.92 Å². The van der Waals surface area contributed by atoms with E-state index in [1.54, 1.807) is 0 Å². The van der Waals surface area contributed by atoms with Crippen molar-refractivity contribution in [1.82, 2.24) is 0 Å². The predicted octanol–water partition coefficient (Wildman–Crippen LogP) is 2.49. The molecule has 1 aliphatic carbocycles. The van der Waals surface area contributed by atoms with Gasteiger partial charge in [-0.3, -0.25) is 9.59 Å². The second-order valence-electron chi connectivity index (χ2n) is 5.03. The van der Waals surface area contributed by atoms with Crippen molar-refractivity contribution in [3.05, 3.63) is 35.9 Å². The highest BCUT2D eigenvalue weighted by Gasteiger charge is 2.45. The van der Waals surface area contributed by atoms with Crippen molar-refractivity contribution < 1.29 is 14.3 Å². The van der Waals surface area contributed by atoms with Crippen LogP contribution >= 0.6 is 0 Å². The van der Waals surface area contributed by atoms with Crippen molar-refractivity contribution >= 4 is 11.8 Å². The maximum absolute atomic E-state index is 12.5. The van der Waals surface area contributed by atoms with Crippen LogP contribution in [-0.2, 0) is 19.7 Å². The molecule has 0 aromatic heterocycles. The first kappa shape index (κ1) is 12.8. The van der Waals surface area contributed by atoms with Gasteiger partial charge in [0.1, 0.15) is 5.92 Å². The molecule has 0 spiro atoms. The molecule has 1 aromatic rings. The number of esters is 1. The summed E-state index contributed by atoms with van der Waals surface area (Å²) in [4.78, 5) is 24.2. The van der Waals surface area contributed by atoms with Crippen LogP contribution in [0.5, 0.6) is 0 Å². The molecule has 0 heterocycles. The molecule has 0 bridgehead atoms. The number of carbonyl (C=O) groups excluding carboxylic acids is 2. The number of ether oxygens (including phenoxy) is 1. The number of methoxy groups -OCH3 is 1. The maximum Gasteiger partial charge on any atom is 0.316 e. The van der Waals surface area contributed by atoms with Gasteiger partial charge < -0.3 is 4.74 Å². The van der Waals surface area contributed by atoms with Crippen molar-refractivity contribution in [3.63, 3.8) is 0 Å². The second kappa shape index (κ2) is 4.92. The molecule has 0 N–H and O–H groups in total. The summed E-state index contributed by atoms with van der Waals surface area (Å²) in [7, 11) is 1.34. The summed E-state index contributed by atoms with van der Waals surface area (Å²) in [6, 6.07) is 9.69. The zero-order valence-electron chi connectivity index (χ0n) is 10.8. The van der Waals surface area contributed by atoms with Gasteiger partial charge in [0.05, 0.1) is 12.5 Å². The van der Waals surface area contributed by atoms with E-state index in [1.165, 1.54) is 7.11 Å². The normalized spacial score (nSPS) is 27.9. The fourth-order valence-corrected chi connectivity index (χ4v) is 2.76. The molecule has 0 radical (unpaired) electrons. The summed E-state index contributed by atoms with van der Waals surface area (Å²) in [5.74, 6) is -1.01. The highest BCUT2D eigenvalue weighted by Crippen LogP contribution is 2.39. The Labute approximate surface area is 107 Å². The monoisotopic (exact) mass is 246 g/mol.